The van der Waals surface area contributed by atoms with Crippen molar-refractivity contribution in [3.05, 3.63) is 0 Å². The van der Waals surface area contributed by atoms with Crippen LogP contribution in [-0.4, -0.2) is 61.9 Å². The monoisotopic (exact) mass is 380 g/mol. The molecule has 0 aromatic carbocycles. The Morgan fingerprint density at radius 2 is 1.17 bits per heavy atom. The zero-order valence-electron chi connectivity index (χ0n) is 11.8. The van der Waals surface area contributed by atoms with E-state index in [0.717, 1.165) is 0 Å². The van der Waals surface area contributed by atoms with Crippen molar-refractivity contribution < 1.29 is 64.0 Å². The quantitative estimate of drug-likeness (QED) is 0.525. The van der Waals surface area contributed by atoms with Crippen molar-refractivity contribution in [3.8, 4) is 0 Å². The van der Waals surface area contributed by atoms with Crippen LogP contribution in [0.4, 0.5) is 35.1 Å². The maximum absolute atomic E-state index is 13.0. The summed E-state index contributed by atoms with van der Waals surface area (Å²) in [6.45, 7) is -7.37. The smallest absolute Gasteiger partial charge is 0.383 e. The summed E-state index contributed by atoms with van der Waals surface area (Å²) in [5.41, 5.74) is 0. The van der Waals surface area contributed by atoms with Gasteiger partial charge in [-0.1, -0.05) is 0 Å². The average molecular weight is 380 g/mol. The first-order chi connectivity index (χ1) is 10.5. The van der Waals surface area contributed by atoms with Crippen LogP contribution in [-0.2, 0) is 23.7 Å². The van der Waals surface area contributed by atoms with Gasteiger partial charge >= 0.3 is 30.4 Å². The number of ether oxygens (including phenoxy) is 4. The van der Waals surface area contributed by atoms with Crippen molar-refractivity contribution in [2.45, 2.75) is 31.4 Å². The Morgan fingerprint density at radius 3 is 1.54 bits per heavy atom. The second kappa shape index (κ2) is 8.22. The molecule has 0 fully saturated rings. The van der Waals surface area contributed by atoms with Gasteiger partial charge in [-0.05, 0) is 0 Å². The van der Waals surface area contributed by atoms with Gasteiger partial charge in [-0.15, -0.1) is 0 Å². The molecule has 1 N–H and O–H groups in total. The van der Waals surface area contributed by atoms with E-state index < -0.39 is 56.8 Å². The highest BCUT2D eigenvalue weighted by atomic mass is 19.3. The van der Waals surface area contributed by atoms with E-state index >= 15 is 0 Å². The second-order valence-electron chi connectivity index (χ2n) is 4.30. The van der Waals surface area contributed by atoms with Crippen LogP contribution in [0.25, 0.3) is 0 Å². The molecule has 6 nitrogen and oxygen atoms in total. The Kier molecular flexibility index (Phi) is 7.79. The van der Waals surface area contributed by atoms with Crippen molar-refractivity contribution >= 4 is 5.97 Å². The first-order valence-electron chi connectivity index (χ1n) is 5.82. The molecule has 0 radical (unpaired) electrons. The first kappa shape index (κ1) is 22.8. The average Bonchev–Trinajstić information content (AvgIpc) is 2.21. The standard InChI is InChI=1S/C10H12F8O6/c1-7(11,12)23-8(13,14)4-22-5-10(17,18)24-9(15,16)3-21-2-6(19)20/h2-5H2,1H3,(H,19,20). The summed E-state index contributed by atoms with van der Waals surface area (Å²) in [6.07, 6.45) is -18.4. The third kappa shape index (κ3) is 12.2. The number of hydrogen-bond acceptors (Lipinski definition) is 5. The van der Waals surface area contributed by atoms with Gasteiger partial charge in [0.2, 0.25) is 0 Å². The Labute approximate surface area is 129 Å². The fourth-order valence-electron chi connectivity index (χ4n) is 1.11. The first-order valence-corrected chi connectivity index (χ1v) is 5.82. The summed E-state index contributed by atoms with van der Waals surface area (Å²) in [5, 5.41) is 8.10. The molecule has 0 unspecified atom stereocenters. The molecular formula is C10H12F8O6. The van der Waals surface area contributed by atoms with Gasteiger partial charge < -0.3 is 14.6 Å². The Hall–Kier alpha value is -1.25. The molecular weight excluding hydrogens is 368 g/mol. The van der Waals surface area contributed by atoms with E-state index in [2.05, 4.69) is 18.9 Å². The fraction of sp³-hybridized carbons (Fsp3) is 0.900. The summed E-state index contributed by atoms with van der Waals surface area (Å²) in [4.78, 5) is 9.99. The predicted molar refractivity (Wildman–Crippen MR) is 56.9 cm³/mol. The minimum absolute atomic E-state index is 0.0453. The van der Waals surface area contributed by atoms with E-state index in [-0.39, 0.29) is 6.92 Å². The summed E-state index contributed by atoms with van der Waals surface area (Å²) in [6, 6.07) is 0. The van der Waals surface area contributed by atoms with Gasteiger partial charge in [0.05, 0.1) is 0 Å². The molecule has 0 atom stereocenters. The normalized spacial score (nSPS) is 14.0. The van der Waals surface area contributed by atoms with Crippen molar-refractivity contribution in [1.82, 2.24) is 0 Å². The van der Waals surface area contributed by atoms with Crippen LogP contribution in [0.5, 0.6) is 0 Å². The van der Waals surface area contributed by atoms with Crippen molar-refractivity contribution in [2.75, 3.05) is 26.4 Å². The van der Waals surface area contributed by atoms with E-state index in [0.29, 0.717) is 0 Å². The van der Waals surface area contributed by atoms with Crippen LogP contribution < -0.4 is 0 Å². The number of carboxylic acids is 1. The van der Waals surface area contributed by atoms with Crippen LogP contribution in [0.1, 0.15) is 6.92 Å². The van der Waals surface area contributed by atoms with Crippen LogP contribution in [0.3, 0.4) is 0 Å². The van der Waals surface area contributed by atoms with Gasteiger partial charge in [0.1, 0.15) is 26.4 Å². The zero-order valence-corrected chi connectivity index (χ0v) is 11.8. The van der Waals surface area contributed by atoms with Gasteiger partial charge in [0.25, 0.3) is 0 Å². The maximum Gasteiger partial charge on any atom is 0.383 e. The molecule has 0 aromatic heterocycles. The molecule has 0 heterocycles. The van der Waals surface area contributed by atoms with Crippen molar-refractivity contribution in [1.29, 1.82) is 0 Å². The van der Waals surface area contributed by atoms with E-state index in [4.69, 9.17) is 5.11 Å². The van der Waals surface area contributed by atoms with Gasteiger partial charge in [-0.2, -0.15) is 35.1 Å². The number of hydrogen-bond donors (Lipinski definition) is 1. The molecule has 0 saturated carbocycles. The lowest BCUT2D eigenvalue weighted by Crippen LogP contribution is -2.41. The second-order valence-corrected chi connectivity index (χ2v) is 4.30. The molecule has 0 aliphatic rings. The number of carboxylic acid groups (broad SMARTS) is 1. The number of aliphatic carboxylic acids is 1. The van der Waals surface area contributed by atoms with E-state index in [9.17, 15) is 39.9 Å². The number of rotatable bonds is 12. The van der Waals surface area contributed by atoms with Gasteiger partial charge in [0.15, 0.2) is 0 Å². The molecule has 0 bridgehead atoms. The molecule has 0 rings (SSSR count). The molecule has 24 heavy (non-hydrogen) atoms. The highest BCUT2D eigenvalue weighted by molar-refractivity contribution is 5.67. The van der Waals surface area contributed by atoms with E-state index in [1.54, 1.807) is 0 Å². The number of alkyl halides is 8. The largest absolute Gasteiger partial charge is 0.480 e. The Bertz CT molecular complexity index is 411. The summed E-state index contributed by atoms with van der Waals surface area (Å²) in [5.74, 6) is -1.66. The lowest BCUT2D eigenvalue weighted by Gasteiger charge is -2.25. The minimum atomic E-state index is -4.80. The van der Waals surface area contributed by atoms with Crippen LogP contribution >= 0.6 is 0 Å². The van der Waals surface area contributed by atoms with Crippen LogP contribution in [0.2, 0.25) is 0 Å². The van der Waals surface area contributed by atoms with E-state index in [1.807, 2.05) is 0 Å². The SMILES string of the molecule is CC(F)(F)OC(F)(F)COCC(F)(F)OC(F)(F)COCC(=O)O. The molecule has 144 valence electrons. The third-order valence-corrected chi connectivity index (χ3v) is 1.66. The van der Waals surface area contributed by atoms with E-state index in [1.165, 1.54) is 0 Å². The molecule has 0 spiro atoms. The Balaban J connectivity index is 4.36. The summed E-state index contributed by atoms with van der Waals surface area (Å²) < 4.78 is 115. The minimum Gasteiger partial charge on any atom is -0.480 e. The number of halogens is 8. The van der Waals surface area contributed by atoms with Crippen LogP contribution in [0.15, 0.2) is 0 Å². The molecule has 0 saturated heterocycles. The molecule has 14 heteroatoms. The molecule has 0 aromatic rings. The maximum atomic E-state index is 13.0. The lowest BCUT2D eigenvalue weighted by molar-refractivity contribution is -0.405. The van der Waals surface area contributed by atoms with Gasteiger partial charge in [-0.25, -0.2) is 4.79 Å². The topological polar surface area (TPSA) is 74.2 Å². The Morgan fingerprint density at radius 1 is 0.792 bits per heavy atom. The highest BCUT2D eigenvalue weighted by Gasteiger charge is 2.46. The highest BCUT2D eigenvalue weighted by Crippen LogP contribution is 2.30. The molecule has 0 aliphatic carbocycles. The lowest BCUT2D eigenvalue weighted by atomic mass is 10.5. The summed E-state index contributed by atoms with van der Waals surface area (Å²) in [7, 11) is 0. The zero-order chi connectivity index (χ0) is 19.2. The van der Waals surface area contributed by atoms with Crippen molar-refractivity contribution in [3.63, 3.8) is 0 Å². The molecule has 0 amide bonds. The number of carbonyl (C=O) groups is 1. The van der Waals surface area contributed by atoms with Gasteiger partial charge in [-0.3, -0.25) is 9.47 Å². The molecule has 0 aliphatic heterocycles. The fourth-order valence-corrected chi connectivity index (χ4v) is 1.11. The van der Waals surface area contributed by atoms with Crippen molar-refractivity contribution in [2.24, 2.45) is 0 Å². The predicted octanol–water partition coefficient (Wildman–Crippen LogP) is 2.53. The van der Waals surface area contributed by atoms with Gasteiger partial charge in [0, 0.05) is 6.92 Å². The third-order valence-electron chi connectivity index (χ3n) is 1.66. The summed E-state index contributed by atoms with van der Waals surface area (Å²) >= 11 is 0. The van der Waals surface area contributed by atoms with Crippen LogP contribution in [0, 0.1) is 0 Å².